The molecule has 2 heterocycles. The average molecular weight is 154 g/mol. The number of carbonyl (C=O) groups excluding carboxylic acids is 1. The standard InChI is InChI=1S/C8H14N2O/c1-10-5-7(11)2-6-3-9-4-8(6)10/h6,8-9H,2-5H2,1H3. The molecular weight excluding hydrogens is 140 g/mol. The van der Waals surface area contributed by atoms with Crippen LogP contribution in [0.3, 0.4) is 0 Å². The molecule has 2 aliphatic heterocycles. The Labute approximate surface area is 66.8 Å². The van der Waals surface area contributed by atoms with Crippen LogP contribution < -0.4 is 5.32 Å². The van der Waals surface area contributed by atoms with E-state index in [4.69, 9.17) is 0 Å². The second kappa shape index (κ2) is 2.57. The molecule has 0 aromatic rings. The first-order valence-corrected chi connectivity index (χ1v) is 4.20. The molecule has 1 N–H and O–H groups in total. The van der Waals surface area contributed by atoms with Gasteiger partial charge in [0.2, 0.25) is 0 Å². The molecule has 2 fully saturated rings. The van der Waals surface area contributed by atoms with Crippen LogP contribution in [-0.4, -0.2) is 43.4 Å². The summed E-state index contributed by atoms with van der Waals surface area (Å²) in [7, 11) is 2.04. The second-order valence-corrected chi connectivity index (χ2v) is 3.64. The number of likely N-dealkylation sites (tertiary alicyclic amines) is 1. The number of ketones is 1. The zero-order valence-corrected chi connectivity index (χ0v) is 6.84. The number of hydrogen-bond acceptors (Lipinski definition) is 3. The number of likely N-dealkylation sites (N-methyl/N-ethyl adjacent to an activating group) is 1. The third-order valence-electron chi connectivity index (χ3n) is 2.79. The lowest BCUT2D eigenvalue weighted by Gasteiger charge is -2.32. The topological polar surface area (TPSA) is 32.3 Å². The first-order valence-electron chi connectivity index (χ1n) is 4.20. The fourth-order valence-electron chi connectivity index (χ4n) is 2.20. The summed E-state index contributed by atoms with van der Waals surface area (Å²) >= 11 is 0. The number of Topliss-reactive ketones (excluding diaryl/α,β-unsaturated/α-hetero) is 1. The quantitative estimate of drug-likeness (QED) is 0.509. The number of nitrogens with zero attached hydrogens (tertiary/aromatic N) is 1. The molecule has 0 saturated carbocycles. The summed E-state index contributed by atoms with van der Waals surface area (Å²) < 4.78 is 0. The van der Waals surface area contributed by atoms with Gasteiger partial charge in [-0.15, -0.1) is 0 Å². The van der Waals surface area contributed by atoms with Crippen LogP contribution in [0.25, 0.3) is 0 Å². The first-order chi connectivity index (χ1) is 5.27. The minimum Gasteiger partial charge on any atom is -0.315 e. The largest absolute Gasteiger partial charge is 0.315 e. The van der Waals surface area contributed by atoms with Crippen molar-refractivity contribution < 1.29 is 4.79 Å². The highest BCUT2D eigenvalue weighted by Crippen LogP contribution is 2.22. The lowest BCUT2D eigenvalue weighted by atomic mass is 9.92. The van der Waals surface area contributed by atoms with E-state index in [0.29, 0.717) is 24.3 Å². The summed E-state index contributed by atoms with van der Waals surface area (Å²) in [6.07, 6.45) is 0.794. The molecule has 0 aromatic heterocycles. The molecular formula is C8H14N2O. The van der Waals surface area contributed by atoms with Gasteiger partial charge in [-0.3, -0.25) is 9.69 Å². The Morgan fingerprint density at radius 3 is 3.18 bits per heavy atom. The normalized spacial score (nSPS) is 39.2. The van der Waals surface area contributed by atoms with E-state index >= 15 is 0 Å². The van der Waals surface area contributed by atoms with Crippen molar-refractivity contribution in [1.82, 2.24) is 10.2 Å². The predicted octanol–water partition coefficient (Wildman–Crippen LogP) is -0.521. The minimum absolute atomic E-state index is 0.400. The van der Waals surface area contributed by atoms with Crippen LogP contribution in [0, 0.1) is 5.92 Å². The van der Waals surface area contributed by atoms with E-state index in [9.17, 15) is 4.79 Å². The van der Waals surface area contributed by atoms with Crippen LogP contribution in [0.1, 0.15) is 6.42 Å². The van der Waals surface area contributed by atoms with Gasteiger partial charge in [-0.05, 0) is 19.5 Å². The summed E-state index contributed by atoms with van der Waals surface area (Å²) in [6, 6.07) is 0.618. The molecule has 0 amide bonds. The molecule has 2 atom stereocenters. The Morgan fingerprint density at radius 2 is 2.36 bits per heavy atom. The molecule has 2 rings (SSSR count). The van der Waals surface area contributed by atoms with E-state index in [2.05, 4.69) is 10.2 Å². The lowest BCUT2D eigenvalue weighted by molar-refractivity contribution is -0.124. The molecule has 3 heteroatoms. The Hall–Kier alpha value is -0.410. The van der Waals surface area contributed by atoms with Crippen LogP contribution in [0.4, 0.5) is 0 Å². The van der Waals surface area contributed by atoms with E-state index in [1.165, 1.54) is 0 Å². The maximum Gasteiger partial charge on any atom is 0.147 e. The Bertz CT molecular complexity index is 181. The van der Waals surface area contributed by atoms with Gasteiger partial charge in [0.25, 0.3) is 0 Å². The SMILES string of the molecule is CN1CC(=O)CC2CNCC21. The Balaban J connectivity index is 2.10. The van der Waals surface area contributed by atoms with Crippen LogP contribution in [0.15, 0.2) is 0 Å². The molecule has 0 spiro atoms. The third kappa shape index (κ3) is 1.19. The maximum absolute atomic E-state index is 11.1. The van der Waals surface area contributed by atoms with E-state index < -0.39 is 0 Å². The van der Waals surface area contributed by atoms with Crippen LogP contribution >= 0.6 is 0 Å². The van der Waals surface area contributed by atoms with Gasteiger partial charge in [0.1, 0.15) is 5.78 Å². The number of hydrogen-bond donors (Lipinski definition) is 1. The van der Waals surface area contributed by atoms with Gasteiger partial charge >= 0.3 is 0 Å². The number of rotatable bonds is 0. The number of carbonyl (C=O) groups is 1. The molecule has 0 bridgehead atoms. The predicted molar refractivity (Wildman–Crippen MR) is 42.4 cm³/mol. The van der Waals surface area contributed by atoms with Gasteiger partial charge < -0.3 is 5.32 Å². The van der Waals surface area contributed by atoms with Crippen molar-refractivity contribution in [3.05, 3.63) is 0 Å². The van der Waals surface area contributed by atoms with Gasteiger partial charge in [-0.1, -0.05) is 0 Å². The third-order valence-corrected chi connectivity index (χ3v) is 2.79. The van der Waals surface area contributed by atoms with Crippen molar-refractivity contribution in [3.63, 3.8) is 0 Å². The molecule has 0 aliphatic carbocycles. The molecule has 2 saturated heterocycles. The van der Waals surface area contributed by atoms with Gasteiger partial charge in [-0.2, -0.15) is 0 Å². The van der Waals surface area contributed by atoms with Gasteiger partial charge in [0, 0.05) is 19.0 Å². The Kier molecular flexibility index (Phi) is 1.69. The number of piperidine rings is 1. The Morgan fingerprint density at radius 1 is 1.55 bits per heavy atom. The minimum atomic E-state index is 0.400. The zero-order chi connectivity index (χ0) is 7.84. The first kappa shape index (κ1) is 7.25. The molecule has 0 aromatic carbocycles. The fraction of sp³-hybridized carbons (Fsp3) is 0.875. The fourth-order valence-corrected chi connectivity index (χ4v) is 2.20. The van der Waals surface area contributed by atoms with Crippen LogP contribution in [-0.2, 0) is 4.79 Å². The number of fused-ring (bicyclic) bond motifs is 1. The van der Waals surface area contributed by atoms with Crippen molar-refractivity contribution in [2.75, 3.05) is 26.7 Å². The molecule has 11 heavy (non-hydrogen) atoms. The number of nitrogens with one attached hydrogen (secondary N) is 1. The van der Waals surface area contributed by atoms with Gasteiger partial charge in [0.05, 0.1) is 6.54 Å². The molecule has 3 nitrogen and oxygen atoms in total. The van der Waals surface area contributed by atoms with E-state index in [1.807, 2.05) is 7.05 Å². The smallest absolute Gasteiger partial charge is 0.147 e. The molecule has 0 radical (unpaired) electrons. The summed E-state index contributed by atoms with van der Waals surface area (Å²) in [5, 5.41) is 3.32. The summed E-state index contributed by atoms with van der Waals surface area (Å²) in [5.74, 6) is 0.985. The average Bonchev–Trinajstić information content (AvgIpc) is 2.34. The summed E-state index contributed by atoms with van der Waals surface area (Å²) in [6.45, 7) is 2.75. The van der Waals surface area contributed by atoms with Crippen LogP contribution in [0.5, 0.6) is 0 Å². The van der Waals surface area contributed by atoms with Crippen molar-refractivity contribution in [1.29, 1.82) is 0 Å². The highest BCUT2D eigenvalue weighted by atomic mass is 16.1. The van der Waals surface area contributed by atoms with E-state index in [-0.39, 0.29) is 0 Å². The molecule has 62 valence electrons. The zero-order valence-electron chi connectivity index (χ0n) is 6.84. The van der Waals surface area contributed by atoms with Gasteiger partial charge in [-0.25, -0.2) is 0 Å². The lowest BCUT2D eigenvalue weighted by Crippen LogP contribution is -2.46. The summed E-state index contributed by atoms with van der Waals surface area (Å²) in [4.78, 5) is 13.3. The van der Waals surface area contributed by atoms with E-state index in [1.54, 1.807) is 0 Å². The summed E-state index contributed by atoms with van der Waals surface area (Å²) in [5.41, 5.74) is 0. The monoisotopic (exact) mass is 154 g/mol. The van der Waals surface area contributed by atoms with Crippen molar-refractivity contribution in [3.8, 4) is 0 Å². The highest BCUT2D eigenvalue weighted by molar-refractivity contribution is 5.81. The molecule has 2 unspecified atom stereocenters. The maximum atomic E-state index is 11.1. The second-order valence-electron chi connectivity index (χ2n) is 3.64. The van der Waals surface area contributed by atoms with Crippen molar-refractivity contribution in [2.24, 2.45) is 5.92 Å². The van der Waals surface area contributed by atoms with Crippen LogP contribution in [0.2, 0.25) is 0 Å². The van der Waals surface area contributed by atoms with Crippen molar-refractivity contribution >= 4 is 5.78 Å². The van der Waals surface area contributed by atoms with Gasteiger partial charge in [0.15, 0.2) is 0 Å². The van der Waals surface area contributed by atoms with Crippen molar-refractivity contribution in [2.45, 2.75) is 12.5 Å². The molecule has 2 aliphatic rings. The highest BCUT2D eigenvalue weighted by Gasteiger charge is 2.36. The van der Waals surface area contributed by atoms with E-state index in [0.717, 1.165) is 19.5 Å².